The Hall–Kier alpha value is -2.44. The molecule has 120 valence electrons. The highest BCUT2D eigenvalue weighted by Gasteiger charge is 2.28. The van der Waals surface area contributed by atoms with Gasteiger partial charge in [-0.3, -0.25) is 9.36 Å². The highest BCUT2D eigenvalue weighted by molar-refractivity contribution is 5.87. The Kier molecular flexibility index (Phi) is 3.48. The summed E-state index contributed by atoms with van der Waals surface area (Å²) in [7, 11) is 1.95. The number of hydrogen-bond donors (Lipinski definition) is 1. The summed E-state index contributed by atoms with van der Waals surface area (Å²) in [6.45, 7) is 3.75. The molecular weight excluding hydrogens is 290 g/mol. The first-order chi connectivity index (χ1) is 11.2. The van der Waals surface area contributed by atoms with Crippen molar-refractivity contribution in [1.82, 2.24) is 29.5 Å². The number of hydrogen-bond acceptors (Lipinski definition) is 5. The van der Waals surface area contributed by atoms with Crippen LogP contribution in [0.5, 0.6) is 0 Å². The zero-order chi connectivity index (χ0) is 15.8. The summed E-state index contributed by atoms with van der Waals surface area (Å²) in [5, 5.41) is 12.2. The van der Waals surface area contributed by atoms with E-state index in [1.54, 1.807) is 0 Å². The van der Waals surface area contributed by atoms with Gasteiger partial charge in [-0.25, -0.2) is 9.97 Å². The second-order valence-corrected chi connectivity index (χ2v) is 6.16. The monoisotopic (exact) mass is 311 g/mol. The average molecular weight is 311 g/mol. The number of aryl methyl sites for hydroxylation is 3. The largest absolute Gasteiger partial charge is 0.368 e. The first-order valence-electron chi connectivity index (χ1n) is 8.15. The molecule has 3 aromatic rings. The molecule has 0 spiro atoms. The number of anilines is 1. The fraction of sp³-hybridized carbons (Fsp3) is 0.500. The van der Waals surface area contributed by atoms with E-state index in [9.17, 15) is 0 Å². The van der Waals surface area contributed by atoms with Crippen LogP contribution in [-0.2, 0) is 13.6 Å². The van der Waals surface area contributed by atoms with Gasteiger partial charge in [0.25, 0.3) is 0 Å². The van der Waals surface area contributed by atoms with Gasteiger partial charge in [-0.1, -0.05) is 0 Å². The molecule has 4 rings (SSSR count). The molecule has 0 aliphatic heterocycles. The van der Waals surface area contributed by atoms with Crippen LogP contribution < -0.4 is 5.32 Å². The van der Waals surface area contributed by atoms with Crippen LogP contribution in [0.2, 0.25) is 0 Å². The van der Waals surface area contributed by atoms with Crippen LogP contribution in [0.1, 0.15) is 36.7 Å². The smallest absolute Gasteiger partial charge is 0.156 e. The van der Waals surface area contributed by atoms with Gasteiger partial charge >= 0.3 is 0 Å². The topological polar surface area (TPSA) is 73.5 Å². The van der Waals surface area contributed by atoms with Crippen molar-refractivity contribution in [1.29, 1.82) is 0 Å². The van der Waals surface area contributed by atoms with Crippen LogP contribution in [0.25, 0.3) is 11.0 Å². The van der Waals surface area contributed by atoms with Gasteiger partial charge in [0.2, 0.25) is 0 Å². The molecule has 1 N–H and O–H groups in total. The second-order valence-electron chi connectivity index (χ2n) is 6.16. The van der Waals surface area contributed by atoms with E-state index in [2.05, 4.69) is 15.5 Å². The summed E-state index contributed by atoms with van der Waals surface area (Å²) < 4.78 is 3.82. The van der Waals surface area contributed by atoms with Crippen molar-refractivity contribution >= 4 is 16.9 Å². The minimum atomic E-state index is 0.531. The van der Waals surface area contributed by atoms with Gasteiger partial charge in [0, 0.05) is 38.4 Å². The molecule has 0 saturated heterocycles. The first kappa shape index (κ1) is 14.2. The van der Waals surface area contributed by atoms with E-state index in [-0.39, 0.29) is 0 Å². The Morgan fingerprint density at radius 2 is 2.17 bits per heavy atom. The van der Waals surface area contributed by atoms with Crippen LogP contribution in [0, 0.1) is 6.92 Å². The molecule has 1 aliphatic rings. The van der Waals surface area contributed by atoms with E-state index in [1.807, 2.05) is 41.8 Å². The molecule has 23 heavy (non-hydrogen) atoms. The summed E-state index contributed by atoms with van der Waals surface area (Å²) in [6.07, 6.45) is 7.18. The van der Waals surface area contributed by atoms with Gasteiger partial charge in [0.05, 0.1) is 5.69 Å². The zero-order valence-corrected chi connectivity index (χ0v) is 13.5. The Labute approximate surface area is 134 Å². The van der Waals surface area contributed by atoms with Gasteiger partial charge in [0.15, 0.2) is 5.82 Å². The Morgan fingerprint density at radius 3 is 2.91 bits per heavy atom. The van der Waals surface area contributed by atoms with Gasteiger partial charge in [0.1, 0.15) is 16.9 Å². The highest BCUT2D eigenvalue weighted by Crippen LogP contribution is 2.39. The average Bonchev–Trinajstić information content (AvgIpc) is 3.19. The number of rotatable bonds is 6. The second kappa shape index (κ2) is 5.64. The van der Waals surface area contributed by atoms with E-state index in [0.717, 1.165) is 47.9 Å². The minimum Gasteiger partial charge on any atom is -0.368 e. The van der Waals surface area contributed by atoms with Crippen molar-refractivity contribution < 1.29 is 0 Å². The van der Waals surface area contributed by atoms with Gasteiger partial charge in [-0.2, -0.15) is 10.2 Å². The van der Waals surface area contributed by atoms with E-state index in [0.29, 0.717) is 5.92 Å². The molecule has 7 nitrogen and oxygen atoms in total. The number of nitrogens with one attached hydrogen (secondary N) is 1. The lowest BCUT2D eigenvalue weighted by atomic mass is 10.3. The maximum absolute atomic E-state index is 4.77. The molecule has 1 saturated carbocycles. The summed E-state index contributed by atoms with van der Waals surface area (Å²) in [5.41, 5.74) is 2.93. The zero-order valence-electron chi connectivity index (χ0n) is 13.5. The predicted octanol–water partition coefficient (Wildman–Crippen LogP) is 2.25. The van der Waals surface area contributed by atoms with Crippen molar-refractivity contribution in [3.05, 3.63) is 30.0 Å². The van der Waals surface area contributed by atoms with E-state index in [1.165, 1.54) is 12.8 Å². The fourth-order valence-corrected chi connectivity index (χ4v) is 2.88. The van der Waals surface area contributed by atoms with Crippen LogP contribution in [0.15, 0.2) is 18.5 Å². The Morgan fingerprint density at radius 1 is 1.30 bits per heavy atom. The maximum atomic E-state index is 4.77. The number of nitrogens with zero attached hydrogens (tertiary/aromatic N) is 6. The SMILES string of the molecule is Cc1nn(C)c2c(NCCCn3cccn3)nc(C3CC3)nc12. The van der Waals surface area contributed by atoms with Crippen LogP contribution in [0.4, 0.5) is 5.82 Å². The third-order valence-electron chi connectivity index (χ3n) is 4.23. The van der Waals surface area contributed by atoms with Gasteiger partial charge < -0.3 is 5.32 Å². The lowest BCUT2D eigenvalue weighted by Gasteiger charge is -2.09. The normalized spacial score (nSPS) is 14.5. The van der Waals surface area contributed by atoms with Crippen molar-refractivity contribution in [2.45, 2.75) is 38.6 Å². The molecule has 0 atom stereocenters. The molecule has 3 heterocycles. The minimum absolute atomic E-state index is 0.531. The summed E-state index contributed by atoms with van der Waals surface area (Å²) in [4.78, 5) is 9.50. The predicted molar refractivity (Wildman–Crippen MR) is 88.3 cm³/mol. The number of aromatic nitrogens is 6. The Bertz CT molecular complexity index is 815. The molecular formula is C16H21N7. The molecule has 3 aromatic heterocycles. The highest BCUT2D eigenvalue weighted by atomic mass is 15.3. The fourth-order valence-electron chi connectivity index (χ4n) is 2.88. The third-order valence-corrected chi connectivity index (χ3v) is 4.23. The third kappa shape index (κ3) is 2.78. The van der Waals surface area contributed by atoms with Crippen LogP contribution in [0.3, 0.4) is 0 Å². The van der Waals surface area contributed by atoms with Gasteiger partial charge in [-0.05, 0) is 32.3 Å². The van der Waals surface area contributed by atoms with Crippen molar-refractivity contribution in [2.24, 2.45) is 7.05 Å². The number of fused-ring (bicyclic) bond motifs is 1. The maximum Gasteiger partial charge on any atom is 0.156 e. The molecule has 0 aromatic carbocycles. The van der Waals surface area contributed by atoms with E-state index >= 15 is 0 Å². The lowest BCUT2D eigenvalue weighted by Crippen LogP contribution is -2.10. The summed E-state index contributed by atoms with van der Waals surface area (Å²) in [5.74, 6) is 2.40. The quantitative estimate of drug-likeness (QED) is 0.707. The van der Waals surface area contributed by atoms with Crippen LogP contribution in [-0.4, -0.2) is 36.1 Å². The van der Waals surface area contributed by atoms with Crippen molar-refractivity contribution in [2.75, 3.05) is 11.9 Å². The van der Waals surface area contributed by atoms with E-state index < -0.39 is 0 Å². The Balaban J connectivity index is 1.55. The molecule has 1 fully saturated rings. The first-order valence-corrected chi connectivity index (χ1v) is 8.15. The molecule has 0 amide bonds. The van der Waals surface area contributed by atoms with Crippen molar-refractivity contribution in [3.8, 4) is 0 Å². The van der Waals surface area contributed by atoms with Crippen LogP contribution >= 0.6 is 0 Å². The standard InChI is InChI=1S/C16H21N7/c1-11-13-14(22(2)21-11)16(20-15(19-13)12-5-6-12)17-7-3-9-23-10-4-8-18-23/h4,8,10,12H,3,5-7,9H2,1-2H3,(H,17,19,20). The lowest BCUT2D eigenvalue weighted by molar-refractivity contribution is 0.591. The van der Waals surface area contributed by atoms with E-state index in [4.69, 9.17) is 9.97 Å². The molecule has 0 radical (unpaired) electrons. The summed E-state index contributed by atoms with van der Waals surface area (Å²) in [6, 6.07) is 1.95. The van der Waals surface area contributed by atoms with Gasteiger partial charge in [-0.15, -0.1) is 0 Å². The molecule has 0 unspecified atom stereocenters. The molecule has 1 aliphatic carbocycles. The van der Waals surface area contributed by atoms with Crippen molar-refractivity contribution in [3.63, 3.8) is 0 Å². The molecule has 7 heteroatoms. The molecule has 0 bridgehead atoms. The summed E-state index contributed by atoms with van der Waals surface area (Å²) >= 11 is 0.